The fourth-order valence-electron chi connectivity index (χ4n) is 18.6. The van der Waals surface area contributed by atoms with E-state index in [2.05, 4.69) is 32.4 Å². The summed E-state index contributed by atoms with van der Waals surface area (Å²) in [5, 5.41) is 0. The van der Waals surface area contributed by atoms with Crippen LogP contribution in [-0.2, 0) is 125 Å². The highest BCUT2D eigenvalue weighted by Gasteiger charge is 2.76. The monoisotopic (exact) mass is 1390 g/mol. The summed E-state index contributed by atoms with van der Waals surface area (Å²) < 4.78 is 105. The molecule has 0 aromatic heterocycles. The van der Waals surface area contributed by atoms with Gasteiger partial charge in [0.05, 0.1) is 43.4 Å². The van der Waals surface area contributed by atoms with Gasteiger partial charge in [0.25, 0.3) is 0 Å². The third-order valence-corrected chi connectivity index (χ3v) is 26.2. The van der Waals surface area contributed by atoms with Crippen molar-refractivity contribution >= 4 is 45.8 Å². The average Bonchev–Trinajstić information content (AvgIpc) is 1.69. The molecule has 0 radical (unpaired) electrons. The predicted octanol–water partition coefficient (Wildman–Crippen LogP) is 8.63. The summed E-state index contributed by atoms with van der Waals surface area (Å²) in [5.74, 6) is -9.24. The van der Waals surface area contributed by atoms with Crippen LogP contribution in [0.5, 0.6) is 0 Å². The number of nitrogens with one attached hydrogen (secondary N) is 1. The quantitative estimate of drug-likeness (QED) is 0.0683. The molecule has 27 nitrogen and oxygen atoms in total. The normalized spacial score (nSPS) is 43.8. The van der Waals surface area contributed by atoms with Crippen molar-refractivity contribution < 1.29 is 123 Å². The topological polar surface area (TPSA) is 315 Å². The Morgan fingerprint density at radius 3 is 1.32 bits per heavy atom. The fraction of sp³-hybridized carbons (Fsp3) is 0.826. The number of hydrogen-bond acceptors (Lipinski definition) is 26. The fourth-order valence-corrected chi connectivity index (χ4v) is 20.0. The molecule has 1 aromatic carbocycles. The molecule has 3 aliphatic carbocycles. The summed E-state index contributed by atoms with van der Waals surface area (Å²) in [6.07, 6.45) is -0.349. The van der Waals surface area contributed by atoms with Gasteiger partial charge >= 0.3 is 35.8 Å². The lowest BCUT2D eigenvalue weighted by molar-refractivity contribution is -0.586. The van der Waals surface area contributed by atoms with Crippen molar-refractivity contribution in [3.05, 3.63) is 29.8 Å². The van der Waals surface area contributed by atoms with E-state index in [-0.39, 0.29) is 52.2 Å². The second kappa shape index (κ2) is 26.4. The standard InChI is InChI=1S/C69H97NO26S/c1-37-12-16-44(17-13-37)97(77,78)70-66(34-79-50(71)20-23-53(74)82-56-41(5)48-18-14-38(2)45-27-31-63(9)88-59(85-56)67(45,48)94-91-63,35-80-51(72)21-24-54(75)83-57-42(6)49-19-15-39(3)46-28-32-64(10)89-60(86-57)68(46,49)95-92-64)36-81-52(73)22-25-55(76)84-58-43(7)62(8)30-26-40(4)47-29-33-65(11)90-61(87-58)69(47,62)96-93-65/h12-13,16-17,38-43,45-49,56-61,70H,14-15,18-36H2,1-11H3/t38-,39-,40-,41-,42-,43+,45+,46+,47+,48+,49+,56-,57-,58-,59-,60-,61-,62+,63+,64+,65+,67-,68-,69+/m1/s1. The van der Waals surface area contributed by atoms with Crippen LogP contribution in [0, 0.1) is 77.4 Å². The molecule has 3 saturated carbocycles. The summed E-state index contributed by atoms with van der Waals surface area (Å²) in [4.78, 5) is 120. The highest BCUT2D eigenvalue weighted by molar-refractivity contribution is 7.89. The number of carbonyl (C=O) groups excluding carboxylic acids is 6. The first-order chi connectivity index (χ1) is 45.9. The van der Waals surface area contributed by atoms with Gasteiger partial charge in [-0.25, -0.2) is 37.7 Å². The molecule has 97 heavy (non-hydrogen) atoms. The van der Waals surface area contributed by atoms with Crippen LogP contribution in [0.15, 0.2) is 29.2 Å². The number of sulfonamides is 1. The van der Waals surface area contributed by atoms with E-state index in [1.165, 1.54) is 12.1 Å². The zero-order chi connectivity index (χ0) is 69.0. The Morgan fingerprint density at radius 2 is 0.856 bits per heavy atom. The molecule has 15 fully saturated rings. The summed E-state index contributed by atoms with van der Waals surface area (Å²) in [5.41, 5.74) is -5.04. The van der Waals surface area contributed by atoms with Crippen LogP contribution in [0.25, 0.3) is 0 Å². The van der Waals surface area contributed by atoms with Gasteiger partial charge in [-0.2, -0.15) is 4.72 Å². The molecule has 28 heteroatoms. The first-order valence-electron chi connectivity index (χ1n) is 35.1. The van der Waals surface area contributed by atoms with Gasteiger partial charge in [-0.15, -0.1) is 0 Å². The van der Waals surface area contributed by atoms with Gasteiger partial charge in [0.2, 0.25) is 46.3 Å². The highest BCUT2D eigenvalue weighted by atomic mass is 32.2. The number of esters is 6. The minimum Gasteiger partial charge on any atom is -0.463 e. The third-order valence-electron chi connectivity index (χ3n) is 24.6. The Bertz CT molecular complexity index is 3170. The van der Waals surface area contributed by atoms with E-state index in [1.807, 2.05) is 20.8 Å². The molecular weight excluding hydrogens is 1290 g/mol. The molecule has 12 saturated heterocycles. The molecule has 6 bridgehead atoms. The van der Waals surface area contributed by atoms with Crippen molar-refractivity contribution in [3.8, 4) is 0 Å². The Morgan fingerprint density at radius 1 is 0.464 bits per heavy atom. The van der Waals surface area contributed by atoms with Gasteiger partial charge in [-0.05, 0) is 133 Å². The minimum atomic E-state index is -4.68. The van der Waals surface area contributed by atoms with Crippen molar-refractivity contribution in [2.24, 2.45) is 70.5 Å². The first-order valence-corrected chi connectivity index (χ1v) is 36.6. The van der Waals surface area contributed by atoms with Crippen molar-refractivity contribution in [3.63, 3.8) is 0 Å². The van der Waals surface area contributed by atoms with Crippen LogP contribution in [-0.4, -0.2) is 141 Å². The number of aryl methyl sites for hydroxylation is 1. The molecule has 540 valence electrons. The SMILES string of the molecule is Cc1ccc(S(=O)(=O)NC(COC(=O)CCC(=O)O[C@@H]2O[C@@H]3O[C@]4(C)CC[C@H]5[C@H](C)CC[C@@H]([C@H]2C)[C@@]35OO4)(COC(=O)CCC(=O)O[C@@H]2O[C@@H]3O[C@]4(C)CC[C@H]5[C@H](C)CC[C@@H]([C@H]2C)[C@@]35OO4)COC(=O)CCC(=O)O[C@@H]2O[C@@H]3O[C@]4(C)CC[C@H]5[C@H](C)CC[C@@](C)([C@H]2C)[C@@]35OO4)cc1. The molecule has 24 atom stereocenters. The van der Waals surface area contributed by atoms with E-state index < -0.39 is 193 Å². The lowest BCUT2D eigenvalue weighted by atomic mass is 9.50. The van der Waals surface area contributed by atoms with Gasteiger partial charge in [0.1, 0.15) is 25.4 Å². The molecule has 15 aliphatic rings. The van der Waals surface area contributed by atoms with Crippen LogP contribution < -0.4 is 4.72 Å². The molecule has 3 spiro atoms. The van der Waals surface area contributed by atoms with Crippen molar-refractivity contribution in [2.75, 3.05) is 19.8 Å². The van der Waals surface area contributed by atoms with Gasteiger partial charge in [-0.3, -0.25) is 28.8 Å². The zero-order valence-electron chi connectivity index (χ0n) is 57.5. The van der Waals surface area contributed by atoms with Crippen molar-refractivity contribution in [1.29, 1.82) is 0 Å². The first kappa shape index (κ1) is 70.9. The van der Waals surface area contributed by atoms with E-state index in [1.54, 1.807) is 39.8 Å². The maximum absolute atomic E-state index is 14.5. The van der Waals surface area contributed by atoms with Crippen LogP contribution in [0.2, 0.25) is 0 Å². The Labute approximate surface area is 565 Å². The predicted molar refractivity (Wildman–Crippen MR) is 328 cm³/mol. The van der Waals surface area contributed by atoms with Crippen molar-refractivity contribution in [2.45, 2.75) is 274 Å². The van der Waals surface area contributed by atoms with E-state index in [0.29, 0.717) is 37.5 Å². The minimum absolute atomic E-state index is 0.0299. The van der Waals surface area contributed by atoms with Crippen LogP contribution in [0.1, 0.15) is 190 Å². The van der Waals surface area contributed by atoms with Gasteiger partial charge < -0.3 is 56.8 Å². The molecule has 0 unspecified atom stereocenters. The molecule has 1 N–H and O–H groups in total. The maximum atomic E-state index is 14.5. The van der Waals surface area contributed by atoms with E-state index >= 15 is 0 Å². The maximum Gasteiger partial charge on any atom is 0.308 e. The van der Waals surface area contributed by atoms with E-state index in [0.717, 1.165) is 56.9 Å². The molecule has 12 heterocycles. The summed E-state index contributed by atoms with van der Waals surface area (Å²) in [6, 6.07) is 5.74. The number of benzene rings is 1. The Kier molecular flexibility index (Phi) is 19.3. The Balaban J connectivity index is 0.688. The molecule has 1 aromatic rings. The van der Waals surface area contributed by atoms with Crippen LogP contribution >= 0.6 is 0 Å². The number of fused-ring (bicyclic) bond motifs is 6. The number of carbonyl (C=O) groups is 6. The number of rotatable bonds is 21. The Hall–Kier alpha value is -4.53. The summed E-state index contributed by atoms with van der Waals surface area (Å²) in [7, 11) is -4.68. The number of ether oxygens (including phenoxy) is 12. The van der Waals surface area contributed by atoms with Gasteiger partial charge in [0, 0.05) is 54.3 Å². The van der Waals surface area contributed by atoms with Crippen molar-refractivity contribution in [1.82, 2.24) is 4.72 Å². The third kappa shape index (κ3) is 12.8. The highest BCUT2D eigenvalue weighted by Crippen LogP contribution is 2.67. The number of hydrogen-bond donors (Lipinski definition) is 1. The lowest BCUT2D eigenvalue weighted by Crippen LogP contribution is -2.74. The summed E-state index contributed by atoms with van der Waals surface area (Å²) in [6.45, 7) is 18.6. The van der Waals surface area contributed by atoms with Crippen LogP contribution in [0.4, 0.5) is 0 Å². The van der Waals surface area contributed by atoms with E-state index in [4.69, 9.17) is 86.2 Å². The van der Waals surface area contributed by atoms with E-state index in [9.17, 15) is 37.2 Å². The molecule has 0 amide bonds. The average molecular weight is 1390 g/mol. The van der Waals surface area contributed by atoms with Crippen LogP contribution in [0.3, 0.4) is 0 Å². The largest absolute Gasteiger partial charge is 0.463 e. The molecule has 12 aliphatic heterocycles. The second-order valence-corrected chi connectivity index (χ2v) is 32.8. The molecule has 16 rings (SSSR count). The summed E-state index contributed by atoms with van der Waals surface area (Å²) >= 11 is 0. The molecular formula is C69H97NO26S. The van der Waals surface area contributed by atoms with Gasteiger partial charge in [-0.1, -0.05) is 66.2 Å². The lowest BCUT2D eigenvalue weighted by Gasteiger charge is -2.65. The smallest absolute Gasteiger partial charge is 0.308 e. The zero-order valence-corrected chi connectivity index (χ0v) is 58.3. The van der Waals surface area contributed by atoms with Gasteiger partial charge in [0.15, 0.2) is 35.7 Å². The second-order valence-electron chi connectivity index (χ2n) is 31.1.